The Labute approximate surface area is 173 Å². The second-order valence-electron chi connectivity index (χ2n) is 6.04. The molecule has 0 aromatic heterocycles. The summed E-state index contributed by atoms with van der Waals surface area (Å²) in [5.41, 5.74) is 0. The van der Waals surface area contributed by atoms with Gasteiger partial charge in [-0.2, -0.15) is 8.42 Å². The van der Waals surface area contributed by atoms with E-state index in [1.165, 1.54) is 0 Å². The fraction of sp³-hybridized carbons (Fsp3) is 0.875. The Morgan fingerprint density at radius 1 is 0.960 bits per heavy atom. The molecule has 0 saturated carbocycles. The molecule has 0 aliphatic carbocycles. The molecule has 0 fully saturated rings. The Kier molecular flexibility index (Phi) is 15.1. The largest absolute Gasteiger partial charge is 0.463 e. The molecule has 0 aliphatic rings. The van der Waals surface area contributed by atoms with Gasteiger partial charge in [0.1, 0.15) is 0 Å². The maximum atomic E-state index is 12.0. The predicted octanol–water partition coefficient (Wildman–Crippen LogP) is 2.50. The third-order valence-corrected chi connectivity index (χ3v) is 4.63. The molecule has 0 aromatic carbocycles. The zero-order chi connectivity index (χ0) is 18.8. The van der Waals surface area contributed by atoms with Gasteiger partial charge >= 0.3 is 11.9 Å². The first-order valence-electron chi connectivity index (χ1n) is 8.48. The van der Waals surface area contributed by atoms with Crippen molar-refractivity contribution in [2.75, 3.05) is 0 Å². The molecule has 25 heavy (non-hydrogen) atoms. The van der Waals surface area contributed by atoms with E-state index in [1.54, 1.807) is 13.8 Å². The van der Waals surface area contributed by atoms with E-state index >= 15 is 0 Å². The molecule has 3 atom stereocenters. The van der Waals surface area contributed by atoms with Gasteiger partial charge in [-0.15, -0.1) is 0 Å². The number of esters is 2. The number of rotatable bonds is 12. The van der Waals surface area contributed by atoms with E-state index in [4.69, 9.17) is 9.47 Å². The molecule has 0 aliphatic heterocycles. The minimum absolute atomic E-state index is 0. The van der Waals surface area contributed by atoms with E-state index in [1.807, 2.05) is 13.8 Å². The van der Waals surface area contributed by atoms with Crippen molar-refractivity contribution in [2.24, 2.45) is 0 Å². The topological polar surface area (TPSA) is 107 Å². The number of unbranched alkanes of at least 4 members (excludes halogenated alkanes) is 2. The first kappa shape index (κ1) is 27.1. The van der Waals surface area contributed by atoms with E-state index in [0.29, 0.717) is 12.8 Å². The van der Waals surface area contributed by atoms with Crippen LogP contribution >= 0.6 is 0 Å². The summed E-state index contributed by atoms with van der Waals surface area (Å²) >= 11 is 0. The van der Waals surface area contributed by atoms with E-state index < -0.39 is 39.8 Å². The van der Waals surface area contributed by atoms with Crippen LogP contribution in [0.1, 0.15) is 72.6 Å². The number of hydrogen-bond acceptors (Lipinski definition) is 6. The normalized spacial score (nSPS) is 14.8. The first-order valence-corrected chi connectivity index (χ1v) is 9.98. The summed E-state index contributed by atoms with van der Waals surface area (Å²) in [7, 11) is -4.75. The first-order chi connectivity index (χ1) is 11.1. The Hall–Kier alpha value is -0.150. The van der Waals surface area contributed by atoms with Gasteiger partial charge in [-0.05, 0) is 26.7 Å². The van der Waals surface area contributed by atoms with Gasteiger partial charge < -0.3 is 9.47 Å². The number of ether oxygens (including phenoxy) is 2. The summed E-state index contributed by atoms with van der Waals surface area (Å²) in [5.74, 6) is -1.97. The molecule has 0 aromatic rings. The molecular weight excluding hydrogens is 359 g/mol. The van der Waals surface area contributed by atoms with E-state index in [9.17, 15) is 22.6 Å². The number of carbonyl (C=O) groups excluding carboxylic acids is 2. The molecule has 3 unspecified atom stereocenters. The molecule has 7 nitrogen and oxygen atoms in total. The van der Waals surface area contributed by atoms with Crippen molar-refractivity contribution in [1.29, 1.82) is 0 Å². The van der Waals surface area contributed by atoms with Crippen LogP contribution in [-0.4, -0.2) is 71.9 Å². The standard InChI is InChI=1S/C16H30O7S.Na/c1-5-7-9-12(3)22-15(17)11-14(24(19,20)21)16(18)23-13(4)10-8-6-2;/h12-14H,5-11H2,1-4H3,(H,19,20,21);. The molecule has 9 heteroatoms. The van der Waals surface area contributed by atoms with Crippen LogP contribution in [0.2, 0.25) is 0 Å². The van der Waals surface area contributed by atoms with Gasteiger partial charge in [0, 0.05) is 29.6 Å². The maximum Gasteiger partial charge on any atom is 0.327 e. The second-order valence-corrected chi connectivity index (χ2v) is 7.64. The third kappa shape index (κ3) is 12.8. The van der Waals surface area contributed by atoms with Crippen molar-refractivity contribution < 1.29 is 32.0 Å². The molecule has 1 N–H and O–H groups in total. The summed E-state index contributed by atoms with van der Waals surface area (Å²) in [6.07, 6.45) is 3.16. The van der Waals surface area contributed by atoms with Gasteiger partial charge in [0.15, 0.2) is 5.25 Å². The van der Waals surface area contributed by atoms with Gasteiger partial charge in [0.2, 0.25) is 0 Å². The number of hydrogen-bond donors (Lipinski definition) is 1. The molecule has 1 radical (unpaired) electrons. The third-order valence-electron chi connectivity index (χ3n) is 3.55. The summed E-state index contributed by atoms with van der Waals surface area (Å²) in [6, 6.07) is 0. The average Bonchev–Trinajstić information content (AvgIpc) is 2.47. The van der Waals surface area contributed by atoms with Crippen molar-refractivity contribution in [3.63, 3.8) is 0 Å². The zero-order valence-corrected chi connectivity index (χ0v) is 18.8. The quantitative estimate of drug-likeness (QED) is 0.310. The van der Waals surface area contributed by atoms with Crippen molar-refractivity contribution in [3.05, 3.63) is 0 Å². The monoisotopic (exact) mass is 389 g/mol. The second kappa shape index (κ2) is 14.0. The minimum atomic E-state index is -4.75. The molecule has 0 rings (SSSR count). The van der Waals surface area contributed by atoms with Crippen LogP contribution in [-0.2, 0) is 29.2 Å². The van der Waals surface area contributed by atoms with Crippen LogP contribution in [0.4, 0.5) is 0 Å². The fourth-order valence-electron chi connectivity index (χ4n) is 2.11. The van der Waals surface area contributed by atoms with E-state index in [0.717, 1.165) is 25.7 Å². The summed E-state index contributed by atoms with van der Waals surface area (Å²) in [4.78, 5) is 23.8. The smallest absolute Gasteiger partial charge is 0.327 e. The zero-order valence-electron chi connectivity index (χ0n) is 16.0. The van der Waals surface area contributed by atoms with Crippen molar-refractivity contribution in [2.45, 2.75) is 90.1 Å². The molecule has 0 bridgehead atoms. The molecule has 143 valence electrons. The van der Waals surface area contributed by atoms with Crippen LogP contribution in [0.15, 0.2) is 0 Å². The van der Waals surface area contributed by atoms with Gasteiger partial charge in [-0.1, -0.05) is 39.5 Å². The predicted molar refractivity (Wildman–Crippen MR) is 95.9 cm³/mol. The van der Waals surface area contributed by atoms with E-state index in [2.05, 4.69) is 0 Å². The Balaban J connectivity index is 0. The van der Waals surface area contributed by atoms with Crippen LogP contribution in [0.5, 0.6) is 0 Å². The van der Waals surface area contributed by atoms with Crippen LogP contribution in [0, 0.1) is 0 Å². The Bertz CT molecular complexity index is 493. The molecule has 0 saturated heterocycles. The van der Waals surface area contributed by atoms with Crippen LogP contribution in [0.25, 0.3) is 0 Å². The van der Waals surface area contributed by atoms with Gasteiger partial charge in [-0.25, -0.2) is 0 Å². The van der Waals surface area contributed by atoms with Crippen molar-refractivity contribution in [1.82, 2.24) is 0 Å². The summed E-state index contributed by atoms with van der Waals surface area (Å²) in [5, 5.41) is -1.95. The van der Waals surface area contributed by atoms with E-state index in [-0.39, 0.29) is 35.7 Å². The SMILES string of the molecule is CCCCC(C)OC(=O)CC(C(=O)OC(C)CCCC)S(=O)(=O)O.[Na]. The van der Waals surface area contributed by atoms with Crippen LogP contribution < -0.4 is 0 Å². The number of carbonyl (C=O) groups is 2. The van der Waals surface area contributed by atoms with Crippen molar-refractivity contribution >= 4 is 51.6 Å². The average molecular weight is 389 g/mol. The molecule has 0 heterocycles. The molecule has 0 spiro atoms. The fourth-order valence-corrected chi connectivity index (χ4v) is 2.75. The van der Waals surface area contributed by atoms with Crippen LogP contribution in [0.3, 0.4) is 0 Å². The van der Waals surface area contributed by atoms with Crippen molar-refractivity contribution in [3.8, 4) is 0 Å². The van der Waals surface area contributed by atoms with Gasteiger partial charge in [0.25, 0.3) is 10.1 Å². The Morgan fingerprint density at radius 3 is 1.80 bits per heavy atom. The molecular formula is C16H30NaO7S. The maximum absolute atomic E-state index is 12.0. The van der Waals surface area contributed by atoms with Gasteiger partial charge in [0.05, 0.1) is 18.6 Å². The Morgan fingerprint density at radius 2 is 1.40 bits per heavy atom. The molecule has 0 amide bonds. The summed E-state index contributed by atoms with van der Waals surface area (Å²) < 4.78 is 42.1. The minimum Gasteiger partial charge on any atom is -0.463 e. The van der Waals surface area contributed by atoms with Gasteiger partial charge in [-0.3, -0.25) is 14.1 Å². The summed E-state index contributed by atoms with van der Waals surface area (Å²) in [6.45, 7) is 7.31.